The van der Waals surface area contributed by atoms with Gasteiger partial charge in [0.15, 0.2) is 0 Å². The van der Waals surface area contributed by atoms with Gasteiger partial charge in [-0.2, -0.15) is 0 Å². The minimum atomic E-state index is 0. The maximum Gasteiger partial charge on any atom is 1.00 e. The largest absolute Gasteiger partial charge is 1.00 e. The zero-order valence-corrected chi connectivity index (χ0v) is 8.35. The summed E-state index contributed by atoms with van der Waals surface area (Å²) < 4.78 is 0. The first-order chi connectivity index (χ1) is 6.45. The van der Waals surface area contributed by atoms with Crippen molar-refractivity contribution < 1.29 is 18.9 Å². The summed E-state index contributed by atoms with van der Waals surface area (Å²) in [5, 5.41) is 0. The van der Waals surface area contributed by atoms with Crippen molar-refractivity contribution >= 4 is 0 Å². The summed E-state index contributed by atoms with van der Waals surface area (Å²) in [6.07, 6.45) is 2.17. The molecule has 0 atom stereocenters. The van der Waals surface area contributed by atoms with E-state index in [0.29, 0.717) is 0 Å². The van der Waals surface area contributed by atoms with Gasteiger partial charge in [-0.1, -0.05) is 36.4 Å². The molecule has 0 bridgehead atoms. The van der Waals surface area contributed by atoms with Crippen molar-refractivity contribution in [1.82, 2.24) is 0 Å². The van der Waals surface area contributed by atoms with Gasteiger partial charge >= 0.3 is 18.9 Å². The monoisotopic (exact) mass is 174 g/mol. The zero-order valence-electron chi connectivity index (χ0n) is 8.35. The Morgan fingerprint density at radius 2 is 0.929 bits per heavy atom. The number of rotatable bonds is 2. The second kappa shape index (κ2) is 5.60. The van der Waals surface area contributed by atoms with Gasteiger partial charge in [0.2, 0.25) is 0 Å². The van der Waals surface area contributed by atoms with Crippen molar-refractivity contribution in [3.05, 3.63) is 78.2 Å². The Balaban J connectivity index is 0.000000980. The maximum atomic E-state index is 2.17. The SMILES string of the molecule is [Li+].c1ccc([CH-]c2ccccc2)cc1. The maximum absolute atomic E-state index is 2.17. The summed E-state index contributed by atoms with van der Waals surface area (Å²) in [6.45, 7) is 0. The smallest absolute Gasteiger partial charge is 0.126 e. The van der Waals surface area contributed by atoms with Gasteiger partial charge in [0.1, 0.15) is 0 Å². The van der Waals surface area contributed by atoms with Crippen LogP contribution in [-0.4, -0.2) is 0 Å². The molecule has 2 aromatic rings. The van der Waals surface area contributed by atoms with E-state index < -0.39 is 0 Å². The summed E-state index contributed by atoms with van der Waals surface area (Å²) in [5.74, 6) is 0. The fourth-order valence-electron chi connectivity index (χ4n) is 1.29. The Morgan fingerprint density at radius 1 is 0.571 bits per heavy atom. The van der Waals surface area contributed by atoms with Gasteiger partial charge in [-0.05, 0) is 0 Å². The van der Waals surface area contributed by atoms with E-state index in [1.165, 1.54) is 11.1 Å². The van der Waals surface area contributed by atoms with Crippen molar-refractivity contribution in [1.29, 1.82) is 0 Å². The van der Waals surface area contributed by atoms with E-state index in [0.717, 1.165) is 0 Å². The second-order valence-electron chi connectivity index (χ2n) is 2.97. The molecule has 0 saturated heterocycles. The van der Waals surface area contributed by atoms with Crippen molar-refractivity contribution in [3.8, 4) is 0 Å². The normalized spacial score (nSPS) is 8.86. The summed E-state index contributed by atoms with van der Waals surface area (Å²) in [7, 11) is 0. The Labute approximate surface area is 97.2 Å². The molecular weight excluding hydrogens is 163 g/mol. The van der Waals surface area contributed by atoms with E-state index in [1.54, 1.807) is 0 Å². The minimum Gasteiger partial charge on any atom is -0.126 e. The molecule has 0 unspecified atom stereocenters. The molecule has 2 aromatic carbocycles. The van der Waals surface area contributed by atoms with Crippen LogP contribution in [0.3, 0.4) is 0 Å². The van der Waals surface area contributed by atoms with E-state index in [2.05, 4.69) is 55.0 Å². The Hall–Kier alpha value is -1.09. The Kier molecular flexibility index (Phi) is 4.39. The molecule has 64 valence electrons. The molecule has 2 rings (SSSR count). The fourth-order valence-corrected chi connectivity index (χ4v) is 1.29. The first kappa shape index (κ1) is 11.0. The van der Waals surface area contributed by atoms with E-state index in [4.69, 9.17) is 0 Å². The summed E-state index contributed by atoms with van der Waals surface area (Å²) >= 11 is 0. The molecule has 0 amide bonds. The van der Waals surface area contributed by atoms with E-state index >= 15 is 0 Å². The van der Waals surface area contributed by atoms with Crippen molar-refractivity contribution in [2.75, 3.05) is 0 Å². The Morgan fingerprint density at radius 3 is 1.29 bits per heavy atom. The average molecular weight is 174 g/mol. The van der Waals surface area contributed by atoms with Crippen LogP contribution in [0.15, 0.2) is 60.7 Å². The van der Waals surface area contributed by atoms with Crippen LogP contribution < -0.4 is 18.9 Å². The topological polar surface area (TPSA) is 0 Å². The molecule has 0 aliphatic rings. The van der Waals surface area contributed by atoms with Gasteiger partial charge in [-0.15, -0.1) is 41.8 Å². The van der Waals surface area contributed by atoms with Crippen LogP contribution in [0, 0.1) is 6.42 Å². The average Bonchev–Trinajstić information content (AvgIpc) is 2.21. The molecule has 0 fully saturated rings. The molecule has 0 radical (unpaired) electrons. The van der Waals surface area contributed by atoms with Crippen LogP contribution in [0.1, 0.15) is 11.1 Å². The molecule has 0 heterocycles. The van der Waals surface area contributed by atoms with Crippen molar-refractivity contribution in [3.63, 3.8) is 0 Å². The molecule has 0 nitrogen and oxygen atoms in total. The van der Waals surface area contributed by atoms with Gasteiger partial charge in [0.05, 0.1) is 0 Å². The first-order valence-corrected chi connectivity index (χ1v) is 4.40. The van der Waals surface area contributed by atoms with Gasteiger partial charge in [0.25, 0.3) is 0 Å². The van der Waals surface area contributed by atoms with Gasteiger partial charge < -0.3 is 0 Å². The zero-order chi connectivity index (χ0) is 8.93. The molecule has 1 heteroatoms. The molecule has 0 aliphatic carbocycles. The summed E-state index contributed by atoms with van der Waals surface area (Å²) in [4.78, 5) is 0. The number of benzene rings is 2. The molecule has 0 spiro atoms. The van der Waals surface area contributed by atoms with Crippen LogP contribution in [0.25, 0.3) is 0 Å². The minimum absolute atomic E-state index is 0. The molecule has 14 heavy (non-hydrogen) atoms. The van der Waals surface area contributed by atoms with E-state index in [9.17, 15) is 0 Å². The van der Waals surface area contributed by atoms with Crippen molar-refractivity contribution in [2.24, 2.45) is 0 Å². The van der Waals surface area contributed by atoms with Gasteiger partial charge in [-0.25, -0.2) is 0 Å². The third-order valence-corrected chi connectivity index (χ3v) is 1.93. The van der Waals surface area contributed by atoms with Crippen LogP contribution in [0.5, 0.6) is 0 Å². The molecule has 0 saturated carbocycles. The predicted molar refractivity (Wildman–Crippen MR) is 55.4 cm³/mol. The second-order valence-corrected chi connectivity index (χ2v) is 2.97. The third kappa shape index (κ3) is 2.99. The third-order valence-electron chi connectivity index (χ3n) is 1.93. The number of hydrogen-bond donors (Lipinski definition) is 0. The number of hydrogen-bond acceptors (Lipinski definition) is 0. The van der Waals surface area contributed by atoms with Crippen LogP contribution in [0.2, 0.25) is 0 Å². The summed E-state index contributed by atoms with van der Waals surface area (Å²) in [6, 6.07) is 20.7. The fraction of sp³-hybridized carbons (Fsp3) is 0. The molecule has 0 aliphatic heterocycles. The quantitative estimate of drug-likeness (QED) is 0.453. The summed E-state index contributed by atoms with van der Waals surface area (Å²) in [5.41, 5.74) is 2.49. The molecular formula is C13H11Li. The molecule has 0 aromatic heterocycles. The van der Waals surface area contributed by atoms with Crippen LogP contribution in [-0.2, 0) is 0 Å². The standard InChI is InChI=1S/C13H11.Li/c1-3-7-12(8-4-1)11-13-9-5-2-6-10-13;/h1-11H;/q-1;+1. The van der Waals surface area contributed by atoms with E-state index in [1.807, 2.05) is 12.1 Å². The van der Waals surface area contributed by atoms with Crippen LogP contribution >= 0.6 is 0 Å². The molecule has 0 N–H and O–H groups in total. The Bertz CT molecular complexity index is 316. The van der Waals surface area contributed by atoms with Gasteiger partial charge in [0, 0.05) is 0 Å². The predicted octanol–water partition coefficient (Wildman–Crippen LogP) is 0.291. The van der Waals surface area contributed by atoms with Crippen molar-refractivity contribution in [2.45, 2.75) is 0 Å². The van der Waals surface area contributed by atoms with E-state index in [-0.39, 0.29) is 18.9 Å². The first-order valence-electron chi connectivity index (χ1n) is 4.40. The van der Waals surface area contributed by atoms with Gasteiger partial charge in [-0.3, -0.25) is 0 Å². The van der Waals surface area contributed by atoms with Crippen LogP contribution in [0.4, 0.5) is 0 Å².